The molecular formula is C9H9NO4. The second-order valence-electron chi connectivity index (χ2n) is 2.83. The number of benzene rings is 1. The predicted octanol–water partition coefficient (Wildman–Crippen LogP) is 1.74. The Hall–Kier alpha value is -2.04. The Bertz CT molecular complexity index is 378. The molecule has 0 aliphatic heterocycles. The Morgan fingerprint density at radius 2 is 1.86 bits per heavy atom. The quantitative estimate of drug-likeness (QED) is 0.556. The van der Waals surface area contributed by atoms with Gasteiger partial charge in [-0.1, -0.05) is 0 Å². The molecule has 0 fully saturated rings. The number of aromatic hydroxyl groups is 2. The third-order valence-electron chi connectivity index (χ3n) is 1.59. The highest BCUT2D eigenvalue weighted by Gasteiger charge is 2.03. The number of nitro groups is 1. The van der Waals surface area contributed by atoms with Crippen LogP contribution < -0.4 is 0 Å². The molecule has 0 spiro atoms. The molecule has 2 N–H and O–H groups in total. The van der Waals surface area contributed by atoms with Crippen molar-refractivity contribution in [2.75, 3.05) is 0 Å². The first-order chi connectivity index (χ1) is 6.49. The maximum absolute atomic E-state index is 10.3. The number of hydrogen-bond donors (Lipinski definition) is 2. The number of phenols is 2. The first-order valence-electron chi connectivity index (χ1n) is 3.85. The van der Waals surface area contributed by atoms with Gasteiger partial charge in [0.1, 0.15) is 11.5 Å². The van der Waals surface area contributed by atoms with E-state index < -0.39 is 4.92 Å². The van der Waals surface area contributed by atoms with E-state index >= 15 is 0 Å². The summed E-state index contributed by atoms with van der Waals surface area (Å²) >= 11 is 0. The monoisotopic (exact) mass is 195 g/mol. The van der Waals surface area contributed by atoms with Crippen molar-refractivity contribution >= 4 is 6.08 Å². The number of nitrogens with zero attached hydrogens (tertiary/aromatic N) is 1. The van der Waals surface area contributed by atoms with Gasteiger partial charge in [0.15, 0.2) is 0 Å². The van der Waals surface area contributed by atoms with Crippen molar-refractivity contribution < 1.29 is 15.1 Å². The molecule has 0 atom stereocenters. The van der Waals surface area contributed by atoms with E-state index in [2.05, 4.69) is 0 Å². The van der Waals surface area contributed by atoms with Crippen LogP contribution in [0.15, 0.2) is 23.9 Å². The van der Waals surface area contributed by atoms with E-state index in [4.69, 9.17) is 10.2 Å². The van der Waals surface area contributed by atoms with Crippen molar-refractivity contribution in [3.8, 4) is 11.5 Å². The lowest BCUT2D eigenvalue weighted by atomic mass is 10.2. The van der Waals surface area contributed by atoms with E-state index in [0.717, 1.165) is 6.07 Å². The van der Waals surface area contributed by atoms with Gasteiger partial charge in [-0.15, -0.1) is 0 Å². The number of phenolic OH excluding ortho intramolecular Hbond substituents is 2. The van der Waals surface area contributed by atoms with Crippen LogP contribution in [0.1, 0.15) is 12.5 Å². The molecule has 0 unspecified atom stereocenters. The lowest BCUT2D eigenvalue weighted by Gasteiger charge is -1.97. The zero-order valence-corrected chi connectivity index (χ0v) is 7.47. The maximum atomic E-state index is 10.3. The summed E-state index contributed by atoms with van der Waals surface area (Å²) in [5.41, 5.74) is 0.326. The van der Waals surface area contributed by atoms with Gasteiger partial charge in [0.25, 0.3) is 0 Å². The van der Waals surface area contributed by atoms with Crippen LogP contribution in [-0.2, 0) is 0 Å². The van der Waals surface area contributed by atoms with E-state index in [1.807, 2.05) is 0 Å². The Morgan fingerprint density at radius 3 is 2.29 bits per heavy atom. The molecule has 0 aliphatic rings. The predicted molar refractivity (Wildman–Crippen MR) is 50.4 cm³/mol. The van der Waals surface area contributed by atoms with Gasteiger partial charge in [-0.25, -0.2) is 0 Å². The molecule has 0 radical (unpaired) electrons. The van der Waals surface area contributed by atoms with Crippen LogP contribution in [0.3, 0.4) is 0 Å². The molecule has 0 heterocycles. The van der Waals surface area contributed by atoms with Crippen LogP contribution in [0.25, 0.3) is 6.08 Å². The molecule has 1 aromatic carbocycles. The minimum atomic E-state index is -0.541. The Labute approximate surface area is 80.1 Å². The average molecular weight is 195 g/mol. The zero-order chi connectivity index (χ0) is 10.7. The largest absolute Gasteiger partial charge is 0.508 e. The zero-order valence-electron chi connectivity index (χ0n) is 7.47. The highest BCUT2D eigenvalue weighted by Crippen LogP contribution is 2.22. The van der Waals surface area contributed by atoms with Crippen molar-refractivity contribution in [2.45, 2.75) is 6.92 Å². The van der Waals surface area contributed by atoms with Crippen molar-refractivity contribution in [1.29, 1.82) is 0 Å². The Morgan fingerprint density at radius 1 is 1.36 bits per heavy atom. The van der Waals surface area contributed by atoms with E-state index in [9.17, 15) is 10.1 Å². The molecule has 5 nitrogen and oxygen atoms in total. The van der Waals surface area contributed by atoms with Gasteiger partial charge in [0, 0.05) is 19.1 Å². The Balaban J connectivity index is 3.08. The lowest BCUT2D eigenvalue weighted by molar-refractivity contribution is -0.422. The third kappa shape index (κ3) is 2.48. The van der Waals surface area contributed by atoms with E-state index in [0.29, 0.717) is 5.56 Å². The third-order valence-corrected chi connectivity index (χ3v) is 1.59. The van der Waals surface area contributed by atoms with E-state index in [-0.39, 0.29) is 17.2 Å². The highest BCUT2D eigenvalue weighted by molar-refractivity contribution is 5.55. The number of allylic oxidation sites excluding steroid dienone is 1. The van der Waals surface area contributed by atoms with Gasteiger partial charge in [-0.2, -0.15) is 0 Å². The van der Waals surface area contributed by atoms with Crippen LogP contribution in [0.2, 0.25) is 0 Å². The topological polar surface area (TPSA) is 83.6 Å². The second-order valence-corrected chi connectivity index (χ2v) is 2.83. The number of rotatable bonds is 2. The molecule has 14 heavy (non-hydrogen) atoms. The fourth-order valence-electron chi connectivity index (χ4n) is 0.995. The van der Waals surface area contributed by atoms with Gasteiger partial charge < -0.3 is 10.2 Å². The molecule has 1 rings (SSSR count). The Kier molecular flexibility index (Phi) is 2.71. The molecule has 0 aliphatic carbocycles. The smallest absolute Gasteiger partial charge is 0.243 e. The summed E-state index contributed by atoms with van der Waals surface area (Å²) in [4.78, 5) is 9.75. The minimum absolute atomic E-state index is 0.0602. The molecule has 74 valence electrons. The molecule has 0 aromatic heterocycles. The normalized spacial score (nSPS) is 11.4. The van der Waals surface area contributed by atoms with Crippen LogP contribution in [0.4, 0.5) is 0 Å². The summed E-state index contributed by atoms with van der Waals surface area (Å²) in [6.45, 7) is 1.33. The summed E-state index contributed by atoms with van der Waals surface area (Å²) in [6, 6.07) is 3.80. The molecule has 0 amide bonds. The fourth-order valence-corrected chi connectivity index (χ4v) is 0.995. The standard InChI is InChI=1S/C9H9NO4/c1-6(10(13)14)2-7-3-8(11)5-9(12)4-7/h2-5,11-12H,1H3/b6-2+. The van der Waals surface area contributed by atoms with Crippen LogP contribution in [0.5, 0.6) is 11.5 Å². The summed E-state index contributed by atoms with van der Waals surface area (Å²) in [7, 11) is 0. The fraction of sp³-hybridized carbons (Fsp3) is 0.111. The van der Waals surface area contributed by atoms with E-state index in [1.165, 1.54) is 25.1 Å². The molecule has 0 saturated carbocycles. The second kappa shape index (κ2) is 3.78. The van der Waals surface area contributed by atoms with Gasteiger partial charge >= 0.3 is 0 Å². The van der Waals surface area contributed by atoms with Crippen molar-refractivity contribution in [3.05, 3.63) is 39.6 Å². The summed E-state index contributed by atoms with van der Waals surface area (Å²) in [6.07, 6.45) is 1.26. The van der Waals surface area contributed by atoms with Gasteiger partial charge in [-0.05, 0) is 17.7 Å². The number of hydrogen-bond acceptors (Lipinski definition) is 4. The SMILES string of the molecule is C/C(=C\c1cc(O)cc(O)c1)[N+](=O)[O-]. The highest BCUT2D eigenvalue weighted by atomic mass is 16.6. The average Bonchev–Trinajstić information content (AvgIpc) is 2.01. The molecule has 5 heteroatoms. The molecule has 1 aromatic rings. The molecule has 0 saturated heterocycles. The molecular weight excluding hydrogens is 186 g/mol. The van der Waals surface area contributed by atoms with E-state index in [1.54, 1.807) is 0 Å². The summed E-state index contributed by atoms with van der Waals surface area (Å²) < 4.78 is 0. The van der Waals surface area contributed by atoms with Crippen LogP contribution in [0, 0.1) is 10.1 Å². The summed E-state index contributed by atoms with van der Waals surface area (Å²) in [5.74, 6) is -0.264. The van der Waals surface area contributed by atoms with Crippen molar-refractivity contribution in [1.82, 2.24) is 0 Å². The van der Waals surface area contributed by atoms with Crippen molar-refractivity contribution in [2.24, 2.45) is 0 Å². The van der Waals surface area contributed by atoms with Crippen LogP contribution in [-0.4, -0.2) is 15.1 Å². The van der Waals surface area contributed by atoms with Crippen molar-refractivity contribution in [3.63, 3.8) is 0 Å². The van der Waals surface area contributed by atoms with Gasteiger partial charge in [0.05, 0.1) is 4.92 Å². The first-order valence-corrected chi connectivity index (χ1v) is 3.85. The maximum Gasteiger partial charge on any atom is 0.243 e. The first kappa shape index (κ1) is 10.0. The minimum Gasteiger partial charge on any atom is -0.508 e. The summed E-state index contributed by atoms with van der Waals surface area (Å²) in [5, 5.41) is 28.5. The van der Waals surface area contributed by atoms with Crippen LogP contribution >= 0.6 is 0 Å². The van der Waals surface area contributed by atoms with Gasteiger partial charge in [-0.3, -0.25) is 10.1 Å². The molecule has 0 bridgehead atoms. The lowest BCUT2D eigenvalue weighted by Crippen LogP contribution is -1.92. The van der Waals surface area contributed by atoms with Gasteiger partial charge in [0.2, 0.25) is 5.70 Å².